The topological polar surface area (TPSA) is 39.1 Å². The summed E-state index contributed by atoms with van der Waals surface area (Å²) in [5, 5.41) is 0.292. The van der Waals surface area contributed by atoms with Gasteiger partial charge in [-0.2, -0.15) is 0 Å². The van der Waals surface area contributed by atoms with Gasteiger partial charge in [-0.05, 0) is 40.2 Å². The SMILES string of the molecule is O=S(=O)(c1ccccc1)n1ccc2cc(Br)c(F)c(F)c21. The van der Waals surface area contributed by atoms with E-state index in [0.29, 0.717) is 5.39 Å². The average molecular weight is 372 g/mol. The van der Waals surface area contributed by atoms with Crippen molar-refractivity contribution in [2.45, 2.75) is 4.90 Å². The van der Waals surface area contributed by atoms with E-state index in [9.17, 15) is 17.2 Å². The molecule has 0 radical (unpaired) electrons. The molecule has 0 atom stereocenters. The van der Waals surface area contributed by atoms with Crippen LogP contribution in [0.4, 0.5) is 8.78 Å². The molecule has 0 aliphatic carbocycles. The van der Waals surface area contributed by atoms with Gasteiger partial charge in [-0.15, -0.1) is 0 Å². The Balaban J connectivity index is 2.35. The van der Waals surface area contributed by atoms with Crippen LogP contribution in [-0.2, 0) is 10.0 Å². The van der Waals surface area contributed by atoms with Crippen molar-refractivity contribution in [2.75, 3.05) is 0 Å². The zero-order valence-electron chi connectivity index (χ0n) is 10.4. The maximum absolute atomic E-state index is 14.1. The molecule has 2 aromatic carbocycles. The minimum atomic E-state index is -3.98. The molecule has 0 amide bonds. The van der Waals surface area contributed by atoms with Crippen LogP contribution in [0.3, 0.4) is 0 Å². The maximum atomic E-state index is 14.1. The van der Waals surface area contributed by atoms with Gasteiger partial charge in [-0.25, -0.2) is 21.2 Å². The van der Waals surface area contributed by atoms with Gasteiger partial charge in [0.05, 0.1) is 9.37 Å². The smallest absolute Gasteiger partial charge is 0.238 e. The van der Waals surface area contributed by atoms with Crippen LogP contribution in [0.1, 0.15) is 0 Å². The second kappa shape index (κ2) is 4.92. The number of hydrogen-bond donors (Lipinski definition) is 0. The van der Waals surface area contributed by atoms with Crippen molar-refractivity contribution in [3.63, 3.8) is 0 Å². The van der Waals surface area contributed by atoms with Crippen molar-refractivity contribution < 1.29 is 17.2 Å². The first-order chi connectivity index (χ1) is 9.93. The molecule has 0 aliphatic rings. The molecule has 1 heterocycles. The molecule has 1 aromatic heterocycles. The Bertz CT molecular complexity index is 937. The summed E-state index contributed by atoms with van der Waals surface area (Å²) in [6.45, 7) is 0. The predicted molar refractivity (Wildman–Crippen MR) is 78.6 cm³/mol. The van der Waals surface area contributed by atoms with Crippen molar-refractivity contribution in [3.05, 3.63) is 64.8 Å². The Morgan fingerprint density at radius 1 is 1.00 bits per heavy atom. The molecule has 0 fully saturated rings. The highest BCUT2D eigenvalue weighted by Gasteiger charge is 2.23. The molecule has 3 aromatic rings. The standard InChI is InChI=1S/C14H8BrF2NO2S/c15-11-8-9-6-7-18(14(9)13(17)12(11)16)21(19,20)10-4-2-1-3-5-10/h1-8H. The summed E-state index contributed by atoms with van der Waals surface area (Å²) in [6, 6.07) is 10.3. The van der Waals surface area contributed by atoms with Gasteiger partial charge in [0.15, 0.2) is 11.6 Å². The molecule has 108 valence electrons. The highest BCUT2D eigenvalue weighted by Crippen LogP contribution is 2.30. The Hall–Kier alpha value is -1.73. The monoisotopic (exact) mass is 371 g/mol. The van der Waals surface area contributed by atoms with Gasteiger partial charge in [0.25, 0.3) is 10.0 Å². The van der Waals surface area contributed by atoms with Crippen molar-refractivity contribution >= 4 is 36.9 Å². The third-order valence-corrected chi connectivity index (χ3v) is 5.34. The summed E-state index contributed by atoms with van der Waals surface area (Å²) in [5.41, 5.74) is -0.306. The maximum Gasteiger partial charge on any atom is 0.268 e. The van der Waals surface area contributed by atoms with Gasteiger partial charge < -0.3 is 0 Å². The van der Waals surface area contributed by atoms with E-state index < -0.39 is 21.7 Å². The lowest BCUT2D eigenvalue weighted by Crippen LogP contribution is -2.12. The van der Waals surface area contributed by atoms with Crippen molar-refractivity contribution in [1.82, 2.24) is 3.97 Å². The van der Waals surface area contributed by atoms with Gasteiger partial charge >= 0.3 is 0 Å². The van der Waals surface area contributed by atoms with Gasteiger partial charge in [0, 0.05) is 11.6 Å². The lowest BCUT2D eigenvalue weighted by Gasteiger charge is -2.08. The highest BCUT2D eigenvalue weighted by atomic mass is 79.9. The molecule has 0 aliphatic heterocycles. The van der Waals surface area contributed by atoms with E-state index in [1.165, 1.54) is 30.5 Å². The third kappa shape index (κ3) is 2.16. The Kier molecular flexibility index (Phi) is 3.33. The zero-order chi connectivity index (χ0) is 15.2. The number of hydrogen-bond acceptors (Lipinski definition) is 2. The molecule has 3 rings (SSSR count). The number of halogens is 3. The summed E-state index contributed by atoms with van der Waals surface area (Å²) in [7, 11) is -3.98. The zero-order valence-corrected chi connectivity index (χ0v) is 12.8. The molecule has 0 spiro atoms. The Labute approximate surface area is 128 Å². The molecule has 0 saturated heterocycles. The summed E-state index contributed by atoms with van der Waals surface area (Å²) in [6.07, 6.45) is 1.21. The second-order valence-electron chi connectivity index (χ2n) is 4.35. The van der Waals surface area contributed by atoms with Crippen LogP contribution in [0.25, 0.3) is 10.9 Å². The van der Waals surface area contributed by atoms with E-state index in [2.05, 4.69) is 15.9 Å². The quantitative estimate of drug-likeness (QED) is 0.640. The number of rotatable bonds is 2. The minimum Gasteiger partial charge on any atom is -0.238 e. The molecule has 0 saturated carbocycles. The summed E-state index contributed by atoms with van der Waals surface area (Å²) in [4.78, 5) is 0.00484. The number of nitrogens with zero attached hydrogens (tertiary/aromatic N) is 1. The summed E-state index contributed by atoms with van der Waals surface area (Å²) < 4.78 is 53.5. The molecule has 7 heteroatoms. The molecule has 21 heavy (non-hydrogen) atoms. The van der Waals surface area contributed by atoms with Crippen LogP contribution in [-0.4, -0.2) is 12.4 Å². The first-order valence-corrected chi connectivity index (χ1v) is 8.11. The van der Waals surface area contributed by atoms with Crippen LogP contribution in [0, 0.1) is 11.6 Å². The first-order valence-electron chi connectivity index (χ1n) is 5.88. The Morgan fingerprint density at radius 2 is 1.67 bits per heavy atom. The Morgan fingerprint density at radius 3 is 2.33 bits per heavy atom. The number of benzene rings is 2. The largest absolute Gasteiger partial charge is 0.268 e. The van der Waals surface area contributed by atoms with Crippen molar-refractivity contribution in [1.29, 1.82) is 0 Å². The predicted octanol–water partition coefficient (Wildman–Crippen LogP) is 3.92. The molecule has 0 N–H and O–H groups in total. The van der Waals surface area contributed by atoms with E-state index in [-0.39, 0.29) is 14.9 Å². The van der Waals surface area contributed by atoms with E-state index in [4.69, 9.17) is 0 Å². The molecule has 0 unspecified atom stereocenters. The fraction of sp³-hybridized carbons (Fsp3) is 0. The van der Waals surface area contributed by atoms with Gasteiger partial charge in [0.1, 0.15) is 5.52 Å². The van der Waals surface area contributed by atoms with E-state index in [1.807, 2.05) is 0 Å². The molecular formula is C14H8BrF2NO2S. The fourth-order valence-electron chi connectivity index (χ4n) is 2.08. The van der Waals surface area contributed by atoms with E-state index in [0.717, 1.165) is 3.97 Å². The second-order valence-corrected chi connectivity index (χ2v) is 7.02. The lowest BCUT2D eigenvalue weighted by atomic mass is 10.2. The van der Waals surface area contributed by atoms with Crippen LogP contribution in [0.15, 0.2) is 58.0 Å². The van der Waals surface area contributed by atoms with Crippen LogP contribution in [0.5, 0.6) is 0 Å². The highest BCUT2D eigenvalue weighted by molar-refractivity contribution is 9.10. The van der Waals surface area contributed by atoms with E-state index >= 15 is 0 Å². The summed E-state index contributed by atoms with van der Waals surface area (Å²) >= 11 is 2.90. The third-order valence-electron chi connectivity index (χ3n) is 3.08. The van der Waals surface area contributed by atoms with Crippen molar-refractivity contribution in [2.24, 2.45) is 0 Å². The van der Waals surface area contributed by atoms with Crippen LogP contribution >= 0.6 is 15.9 Å². The van der Waals surface area contributed by atoms with Crippen molar-refractivity contribution in [3.8, 4) is 0 Å². The lowest BCUT2D eigenvalue weighted by molar-refractivity contribution is 0.510. The molecule has 3 nitrogen and oxygen atoms in total. The van der Waals surface area contributed by atoms with E-state index in [1.54, 1.807) is 18.2 Å². The summed E-state index contributed by atoms with van der Waals surface area (Å²) in [5.74, 6) is -2.32. The van der Waals surface area contributed by atoms with Gasteiger partial charge in [0.2, 0.25) is 0 Å². The number of fused-ring (bicyclic) bond motifs is 1. The average Bonchev–Trinajstić information content (AvgIpc) is 2.90. The fourth-order valence-corrected chi connectivity index (χ4v) is 3.88. The van der Waals surface area contributed by atoms with Gasteiger partial charge in [-0.1, -0.05) is 18.2 Å². The molecular weight excluding hydrogens is 364 g/mol. The van der Waals surface area contributed by atoms with Crippen LogP contribution in [0.2, 0.25) is 0 Å². The van der Waals surface area contributed by atoms with Crippen LogP contribution < -0.4 is 0 Å². The first kappa shape index (κ1) is 14.2. The minimum absolute atomic E-state index is 0.00484. The normalized spacial score (nSPS) is 12.0. The molecule has 0 bridgehead atoms. The number of aromatic nitrogens is 1. The van der Waals surface area contributed by atoms with Gasteiger partial charge in [-0.3, -0.25) is 0 Å².